The Balaban J connectivity index is 1.85. The van der Waals surface area contributed by atoms with Crippen molar-refractivity contribution in [2.45, 2.75) is 6.42 Å². The Morgan fingerprint density at radius 2 is 1.92 bits per heavy atom. The fourth-order valence-electron chi connectivity index (χ4n) is 2.29. The lowest BCUT2D eigenvalue weighted by Gasteiger charge is -2.21. The standard InChI is InChI=1S/C17H18ClN3OS2/c1-20(2)9-10-21(16(22)11-12-7-8-15(18)23-12)17-19-13-5-3-4-6-14(13)24-17/h3-8H,9-11H2,1-2H3. The Morgan fingerprint density at radius 1 is 1.12 bits per heavy atom. The first-order valence-corrected chi connectivity index (χ1v) is 9.59. The van der Waals surface area contributed by atoms with Gasteiger partial charge in [0.25, 0.3) is 0 Å². The number of amides is 1. The molecule has 0 bridgehead atoms. The molecule has 24 heavy (non-hydrogen) atoms. The average molecular weight is 380 g/mol. The molecule has 4 nitrogen and oxygen atoms in total. The van der Waals surface area contributed by atoms with E-state index in [1.54, 1.807) is 16.2 Å². The second-order valence-corrected chi connectivity index (χ2v) is 8.50. The Labute approximate surface area is 154 Å². The first kappa shape index (κ1) is 17.4. The summed E-state index contributed by atoms with van der Waals surface area (Å²) in [4.78, 5) is 22.3. The van der Waals surface area contributed by atoms with Crippen molar-refractivity contribution in [2.75, 3.05) is 32.1 Å². The van der Waals surface area contributed by atoms with E-state index in [1.165, 1.54) is 11.3 Å². The van der Waals surface area contributed by atoms with Crippen LogP contribution in [0.4, 0.5) is 5.13 Å². The van der Waals surface area contributed by atoms with E-state index in [0.717, 1.165) is 26.8 Å². The minimum Gasteiger partial charge on any atom is -0.308 e. The zero-order valence-corrected chi connectivity index (χ0v) is 15.9. The number of thiophene rings is 1. The van der Waals surface area contributed by atoms with E-state index >= 15 is 0 Å². The second kappa shape index (κ2) is 7.61. The summed E-state index contributed by atoms with van der Waals surface area (Å²) in [5, 5.41) is 0.755. The number of nitrogens with zero attached hydrogens (tertiary/aromatic N) is 3. The molecule has 0 N–H and O–H groups in total. The van der Waals surface area contributed by atoms with Gasteiger partial charge in [-0.1, -0.05) is 35.1 Å². The number of fused-ring (bicyclic) bond motifs is 1. The Hall–Kier alpha value is -1.47. The molecule has 7 heteroatoms. The van der Waals surface area contributed by atoms with Crippen LogP contribution in [0.1, 0.15) is 4.88 Å². The van der Waals surface area contributed by atoms with Crippen LogP contribution in [-0.4, -0.2) is 43.0 Å². The number of para-hydroxylation sites is 1. The summed E-state index contributed by atoms with van der Waals surface area (Å²) in [6, 6.07) is 11.7. The molecule has 0 fully saturated rings. The zero-order valence-electron chi connectivity index (χ0n) is 13.5. The van der Waals surface area contributed by atoms with E-state index in [4.69, 9.17) is 11.6 Å². The first-order chi connectivity index (χ1) is 11.5. The molecule has 3 aromatic rings. The molecule has 0 aliphatic rings. The van der Waals surface area contributed by atoms with Crippen LogP contribution in [0.2, 0.25) is 4.34 Å². The summed E-state index contributed by atoms with van der Waals surface area (Å²) < 4.78 is 1.80. The van der Waals surface area contributed by atoms with Gasteiger partial charge in [0.05, 0.1) is 21.0 Å². The van der Waals surface area contributed by atoms with Crippen molar-refractivity contribution in [3.8, 4) is 0 Å². The summed E-state index contributed by atoms with van der Waals surface area (Å²) in [6.07, 6.45) is 0.348. The van der Waals surface area contributed by atoms with Gasteiger partial charge in [-0.2, -0.15) is 0 Å². The van der Waals surface area contributed by atoms with Crippen molar-refractivity contribution in [3.05, 3.63) is 45.6 Å². The predicted molar refractivity (Wildman–Crippen MR) is 104 cm³/mol. The van der Waals surface area contributed by atoms with Gasteiger partial charge in [0.2, 0.25) is 5.91 Å². The van der Waals surface area contributed by atoms with E-state index in [2.05, 4.69) is 9.88 Å². The summed E-state index contributed by atoms with van der Waals surface area (Å²) in [5.41, 5.74) is 0.930. The van der Waals surface area contributed by atoms with E-state index in [0.29, 0.717) is 17.3 Å². The molecule has 1 aromatic carbocycles. The van der Waals surface area contributed by atoms with Crippen LogP contribution in [0.5, 0.6) is 0 Å². The van der Waals surface area contributed by atoms with Crippen molar-refractivity contribution < 1.29 is 4.79 Å². The second-order valence-electron chi connectivity index (χ2n) is 5.70. The van der Waals surface area contributed by atoms with Crippen molar-refractivity contribution in [2.24, 2.45) is 0 Å². The first-order valence-electron chi connectivity index (χ1n) is 7.58. The quantitative estimate of drug-likeness (QED) is 0.645. The molecule has 0 saturated heterocycles. The average Bonchev–Trinajstić information content (AvgIpc) is 3.13. The molecule has 0 saturated carbocycles. The molecule has 126 valence electrons. The van der Waals surface area contributed by atoms with Crippen molar-refractivity contribution >= 4 is 55.5 Å². The van der Waals surface area contributed by atoms with E-state index in [-0.39, 0.29) is 5.91 Å². The van der Waals surface area contributed by atoms with Gasteiger partial charge < -0.3 is 4.90 Å². The van der Waals surface area contributed by atoms with Crippen LogP contribution >= 0.6 is 34.3 Å². The highest BCUT2D eigenvalue weighted by Crippen LogP contribution is 2.29. The van der Waals surface area contributed by atoms with Gasteiger partial charge in [-0.25, -0.2) is 4.98 Å². The monoisotopic (exact) mass is 379 g/mol. The molecule has 0 unspecified atom stereocenters. The smallest absolute Gasteiger partial charge is 0.234 e. The van der Waals surface area contributed by atoms with Gasteiger partial charge in [-0.15, -0.1) is 11.3 Å². The highest BCUT2D eigenvalue weighted by molar-refractivity contribution is 7.22. The van der Waals surface area contributed by atoms with Crippen LogP contribution in [0.15, 0.2) is 36.4 Å². The number of thiazole rings is 1. The van der Waals surface area contributed by atoms with Crippen LogP contribution in [0.3, 0.4) is 0 Å². The molecule has 2 heterocycles. The molecule has 0 aliphatic carbocycles. The van der Waals surface area contributed by atoms with Crippen LogP contribution in [0.25, 0.3) is 10.2 Å². The molecule has 3 rings (SSSR count). The molecule has 1 amide bonds. The summed E-state index contributed by atoms with van der Waals surface area (Å²) in [7, 11) is 4.00. The third kappa shape index (κ3) is 4.13. The fraction of sp³-hybridized carbons (Fsp3) is 0.294. The lowest BCUT2D eigenvalue weighted by Crippen LogP contribution is -2.37. The van der Waals surface area contributed by atoms with Crippen molar-refractivity contribution in [1.29, 1.82) is 0 Å². The predicted octanol–water partition coefficient (Wildman–Crippen LogP) is 4.15. The van der Waals surface area contributed by atoms with Gasteiger partial charge in [0.1, 0.15) is 0 Å². The molecule has 2 aromatic heterocycles. The topological polar surface area (TPSA) is 36.4 Å². The summed E-state index contributed by atoms with van der Waals surface area (Å²) in [6.45, 7) is 1.40. The number of carbonyl (C=O) groups excluding carboxylic acids is 1. The maximum atomic E-state index is 12.8. The molecular weight excluding hydrogens is 362 g/mol. The minimum absolute atomic E-state index is 0.0504. The van der Waals surface area contributed by atoms with Gasteiger partial charge in [-0.05, 0) is 38.4 Å². The van der Waals surface area contributed by atoms with E-state index < -0.39 is 0 Å². The molecule has 0 atom stereocenters. The lowest BCUT2D eigenvalue weighted by molar-refractivity contribution is -0.118. The van der Waals surface area contributed by atoms with E-state index in [1.807, 2.05) is 50.5 Å². The Kier molecular flexibility index (Phi) is 5.50. The van der Waals surface area contributed by atoms with Crippen molar-refractivity contribution in [3.63, 3.8) is 0 Å². The van der Waals surface area contributed by atoms with Crippen LogP contribution in [-0.2, 0) is 11.2 Å². The maximum absolute atomic E-state index is 12.8. The number of hydrogen-bond donors (Lipinski definition) is 0. The zero-order chi connectivity index (χ0) is 17.1. The highest BCUT2D eigenvalue weighted by Gasteiger charge is 2.20. The third-order valence-corrected chi connectivity index (χ3v) is 5.83. The lowest BCUT2D eigenvalue weighted by atomic mass is 10.3. The SMILES string of the molecule is CN(C)CCN(C(=O)Cc1ccc(Cl)s1)c1nc2ccccc2s1. The third-order valence-electron chi connectivity index (χ3n) is 3.54. The number of aromatic nitrogens is 1. The maximum Gasteiger partial charge on any atom is 0.234 e. The molecule has 0 spiro atoms. The molecular formula is C17H18ClN3OS2. The summed E-state index contributed by atoms with van der Waals surface area (Å²) in [5.74, 6) is 0.0504. The highest BCUT2D eigenvalue weighted by atomic mass is 35.5. The number of carbonyl (C=O) groups is 1. The minimum atomic E-state index is 0.0504. The molecule has 0 aliphatic heterocycles. The molecule has 0 radical (unpaired) electrons. The fourth-order valence-corrected chi connectivity index (χ4v) is 4.38. The van der Waals surface area contributed by atoms with Gasteiger partial charge >= 0.3 is 0 Å². The van der Waals surface area contributed by atoms with Gasteiger partial charge in [-0.3, -0.25) is 9.69 Å². The number of halogens is 1. The largest absolute Gasteiger partial charge is 0.308 e. The van der Waals surface area contributed by atoms with Gasteiger partial charge in [0, 0.05) is 18.0 Å². The van der Waals surface area contributed by atoms with Crippen molar-refractivity contribution in [1.82, 2.24) is 9.88 Å². The number of benzene rings is 1. The Morgan fingerprint density at radius 3 is 2.58 bits per heavy atom. The summed E-state index contributed by atoms with van der Waals surface area (Å²) >= 11 is 8.98. The Bertz CT molecular complexity index is 810. The normalized spacial score (nSPS) is 11.3. The van der Waals surface area contributed by atoms with Crippen LogP contribution in [0, 0.1) is 0 Å². The van der Waals surface area contributed by atoms with E-state index in [9.17, 15) is 4.79 Å². The van der Waals surface area contributed by atoms with Gasteiger partial charge in [0.15, 0.2) is 5.13 Å². The number of hydrogen-bond acceptors (Lipinski definition) is 5. The number of rotatable bonds is 6. The number of anilines is 1. The van der Waals surface area contributed by atoms with Crippen LogP contribution < -0.4 is 4.90 Å². The number of likely N-dealkylation sites (N-methyl/N-ethyl adjacent to an activating group) is 1.